The third kappa shape index (κ3) is 4.40. The van der Waals surface area contributed by atoms with Gasteiger partial charge in [-0.25, -0.2) is 0 Å². The highest BCUT2D eigenvalue weighted by Crippen LogP contribution is 2.45. The molecule has 2 heterocycles. The van der Waals surface area contributed by atoms with Crippen molar-refractivity contribution in [1.82, 2.24) is 4.90 Å². The van der Waals surface area contributed by atoms with Crippen molar-refractivity contribution >= 4 is 0 Å². The lowest BCUT2D eigenvalue weighted by atomic mass is 9.75. The van der Waals surface area contributed by atoms with Gasteiger partial charge in [0.25, 0.3) is 0 Å². The molecular formula is C26H33NO3. The molecule has 2 aromatic carbocycles. The second-order valence-corrected chi connectivity index (χ2v) is 8.39. The Hall–Kier alpha value is -2.30. The minimum atomic E-state index is 0.434. The SMILES string of the molecule is C=C[C@H]1CN2CCc3cc(OC)c(OC)cc3[C@@H]2C[C@@H]1CCOCc1ccccc1. The standard InChI is InChI=1S/C26H33NO3/c1-4-20-17-27-12-10-22-15-25(28-2)26(29-3)16-23(22)24(27)14-21(20)11-13-30-18-19-8-6-5-7-9-19/h4-9,15-16,20-21,24H,1,10-14,17-18H2,2-3H3/t20-,21-,24-/m0/s1. The number of piperidine rings is 1. The average Bonchev–Trinajstić information content (AvgIpc) is 2.80. The van der Waals surface area contributed by atoms with Crippen LogP contribution in [-0.2, 0) is 17.8 Å². The van der Waals surface area contributed by atoms with Crippen LogP contribution in [-0.4, -0.2) is 38.8 Å². The van der Waals surface area contributed by atoms with Gasteiger partial charge in [-0.2, -0.15) is 0 Å². The number of ether oxygens (including phenoxy) is 3. The van der Waals surface area contributed by atoms with Gasteiger partial charge in [0.05, 0.1) is 20.8 Å². The molecule has 0 unspecified atom stereocenters. The summed E-state index contributed by atoms with van der Waals surface area (Å²) in [6.07, 6.45) is 5.41. The first-order valence-electron chi connectivity index (χ1n) is 11.0. The van der Waals surface area contributed by atoms with E-state index in [2.05, 4.69) is 54.0 Å². The van der Waals surface area contributed by atoms with Crippen LogP contribution in [0.15, 0.2) is 55.1 Å². The summed E-state index contributed by atoms with van der Waals surface area (Å²) in [7, 11) is 3.42. The fraction of sp³-hybridized carbons (Fsp3) is 0.462. The predicted molar refractivity (Wildman–Crippen MR) is 120 cm³/mol. The van der Waals surface area contributed by atoms with Crippen molar-refractivity contribution in [3.05, 3.63) is 71.8 Å². The van der Waals surface area contributed by atoms with Gasteiger partial charge in [0.15, 0.2) is 11.5 Å². The molecule has 1 saturated heterocycles. The molecule has 2 aliphatic rings. The number of hydrogen-bond donors (Lipinski definition) is 0. The van der Waals surface area contributed by atoms with E-state index in [9.17, 15) is 0 Å². The molecular weight excluding hydrogens is 374 g/mol. The molecule has 2 aliphatic heterocycles. The lowest BCUT2D eigenvalue weighted by molar-refractivity contribution is 0.0436. The van der Waals surface area contributed by atoms with Gasteiger partial charge >= 0.3 is 0 Å². The van der Waals surface area contributed by atoms with Crippen molar-refractivity contribution in [2.24, 2.45) is 11.8 Å². The summed E-state index contributed by atoms with van der Waals surface area (Å²) in [4.78, 5) is 2.63. The molecule has 2 aromatic rings. The summed E-state index contributed by atoms with van der Waals surface area (Å²) < 4.78 is 17.1. The Labute approximate surface area is 180 Å². The van der Waals surface area contributed by atoms with Gasteiger partial charge in [-0.05, 0) is 59.9 Å². The highest BCUT2D eigenvalue weighted by Gasteiger charge is 2.38. The molecule has 4 nitrogen and oxygen atoms in total. The van der Waals surface area contributed by atoms with Crippen LogP contribution >= 0.6 is 0 Å². The van der Waals surface area contributed by atoms with E-state index in [0.717, 1.165) is 50.5 Å². The van der Waals surface area contributed by atoms with Crippen LogP contribution in [0, 0.1) is 11.8 Å². The van der Waals surface area contributed by atoms with Gasteiger partial charge < -0.3 is 14.2 Å². The second-order valence-electron chi connectivity index (χ2n) is 8.39. The van der Waals surface area contributed by atoms with Crippen LogP contribution in [0.2, 0.25) is 0 Å². The fourth-order valence-electron chi connectivity index (χ4n) is 5.05. The summed E-state index contributed by atoms with van der Waals surface area (Å²) in [6.45, 7) is 7.77. The second kappa shape index (κ2) is 9.67. The van der Waals surface area contributed by atoms with E-state index in [1.807, 2.05) is 6.07 Å². The molecule has 0 radical (unpaired) electrons. The number of rotatable bonds is 8. The summed E-state index contributed by atoms with van der Waals surface area (Å²) in [5, 5.41) is 0. The topological polar surface area (TPSA) is 30.9 Å². The number of fused-ring (bicyclic) bond motifs is 3. The number of hydrogen-bond acceptors (Lipinski definition) is 4. The quantitative estimate of drug-likeness (QED) is 0.454. The van der Waals surface area contributed by atoms with E-state index in [1.165, 1.54) is 16.7 Å². The van der Waals surface area contributed by atoms with Crippen LogP contribution in [0.4, 0.5) is 0 Å². The van der Waals surface area contributed by atoms with Crippen molar-refractivity contribution in [1.29, 1.82) is 0 Å². The molecule has 4 heteroatoms. The number of nitrogens with zero attached hydrogens (tertiary/aromatic N) is 1. The normalized spacial score (nSPS) is 23.3. The van der Waals surface area contributed by atoms with Crippen molar-refractivity contribution in [3.63, 3.8) is 0 Å². The minimum absolute atomic E-state index is 0.434. The molecule has 0 N–H and O–H groups in total. The Bertz CT molecular complexity index is 851. The molecule has 1 fully saturated rings. The van der Waals surface area contributed by atoms with E-state index in [-0.39, 0.29) is 0 Å². The van der Waals surface area contributed by atoms with Crippen molar-refractivity contribution < 1.29 is 14.2 Å². The molecule has 0 saturated carbocycles. The molecule has 0 aromatic heterocycles. The molecule has 3 atom stereocenters. The van der Waals surface area contributed by atoms with Gasteiger partial charge in [-0.1, -0.05) is 36.4 Å². The third-order valence-corrected chi connectivity index (χ3v) is 6.74. The zero-order chi connectivity index (χ0) is 20.9. The van der Waals surface area contributed by atoms with Gasteiger partial charge in [-0.15, -0.1) is 6.58 Å². The predicted octanol–water partition coefficient (Wildman–Crippen LogP) is 5.03. The van der Waals surface area contributed by atoms with E-state index in [4.69, 9.17) is 14.2 Å². The van der Waals surface area contributed by atoms with Crippen LogP contribution in [0.25, 0.3) is 0 Å². The van der Waals surface area contributed by atoms with Crippen molar-refractivity contribution in [3.8, 4) is 11.5 Å². The molecule has 0 bridgehead atoms. The Morgan fingerprint density at radius 1 is 1.10 bits per heavy atom. The zero-order valence-corrected chi connectivity index (χ0v) is 18.2. The average molecular weight is 408 g/mol. The van der Waals surface area contributed by atoms with Crippen molar-refractivity contribution in [2.45, 2.75) is 31.9 Å². The van der Waals surface area contributed by atoms with E-state index in [1.54, 1.807) is 14.2 Å². The fourth-order valence-corrected chi connectivity index (χ4v) is 5.05. The number of methoxy groups -OCH3 is 2. The summed E-state index contributed by atoms with van der Waals surface area (Å²) >= 11 is 0. The summed E-state index contributed by atoms with van der Waals surface area (Å²) in [5.41, 5.74) is 4.02. The monoisotopic (exact) mass is 407 g/mol. The Morgan fingerprint density at radius 3 is 2.60 bits per heavy atom. The van der Waals surface area contributed by atoms with Crippen LogP contribution in [0.5, 0.6) is 11.5 Å². The maximum absolute atomic E-state index is 6.00. The zero-order valence-electron chi connectivity index (χ0n) is 18.2. The van der Waals surface area contributed by atoms with E-state index in [0.29, 0.717) is 24.5 Å². The summed E-state index contributed by atoms with van der Waals surface area (Å²) in [6, 6.07) is 15.2. The van der Waals surface area contributed by atoms with E-state index >= 15 is 0 Å². The minimum Gasteiger partial charge on any atom is -0.493 e. The van der Waals surface area contributed by atoms with Crippen LogP contribution in [0.1, 0.15) is 35.6 Å². The first-order valence-corrected chi connectivity index (χ1v) is 11.0. The highest BCUT2D eigenvalue weighted by molar-refractivity contribution is 5.49. The Kier molecular flexibility index (Phi) is 6.76. The largest absolute Gasteiger partial charge is 0.493 e. The molecule has 4 rings (SSSR count). The van der Waals surface area contributed by atoms with Gasteiger partial charge in [0, 0.05) is 25.7 Å². The molecule has 160 valence electrons. The number of benzene rings is 2. The maximum atomic E-state index is 6.00. The molecule has 0 spiro atoms. The summed E-state index contributed by atoms with van der Waals surface area (Å²) in [5.74, 6) is 2.75. The van der Waals surface area contributed by atoms with Crippen molar-refractivity contribution in [2.75, 3.05) is 33.9 Å². The van der Waals surface area contributed by atoms with Gasteiger partial charge in [0.2, 0.25) is 0 Å². The maximum Gasteiger partial charge on any atom is 0.161 e. The third-order valence-electron chi connectivity index (χ3n) is 6.74. The first kappa shape index (κ1) is 21.0. The Morgan fingerprint density at radius 2 is 1.87 bits per heavy atom. The molecule has 0 aliphatic carbocycles. The highest BCUT2D eigenvalue weighted by atomic mass is 16.5. The first-order chi connectivity index (χ1) is 14.7. The van der Waals surface area contributed by atoms with E-state index < -0.39 is 0 Å². The lowest BCUT2D eigenvalue weighted by Crippen LogP contribution is -2.45. The van der Waals surface area contributed by atoms with Gasteiger partial charge in [0.1, 0.15) is 0 Å². The Balaban J connectivity index is 1.44. The molecule has 30 heavy (non-hydrogen) atoms. The van der Waals surface area contributed by atoms with Crippen LogP contribution in [0.3, 0.4) is 0 Å². The smallest absolute Gasteiger partial charge is 0.161 e. The molecule has 0 amide bonds. The van der Waals surface area contributed by atoms with Gasteiger partial charge in [-0.3, -0.25) is 4.90 Å². The lowest BCUT2D eigenvalue weighted by Gasteiger charge is -2.46. The van der Waals surface area contributed by atoms with Crippen LogP contribution < -0.4 is 9.47 Å².